The van der Waals surface area contributed by atoms with E-state index in [0.717, 1.165) is 18.3 Å². The number of carbonyl (C=O) groups is 1. The first-order valence-electron chi connectivity index (χ1n) is 13.2. The molecule has 1 aliphatic carbocycles. The van der Waals surface area contributed by atoms with E-state index in [4.69, 9.17) is 4.74 Å². The molecule has 2 N–H and O–H groups in total. The Morgan fingerprint density at radius 1 is 1.07 bits per heavy atom. The lowest BCUT2D eigenvalue weighted by Crippen LogP contribution is -2.48. The third-order valence-electron chi connectivity index (χ3n) is 7.63. The Morgan fingerprint density at radius 2 is 1.71 bits per heavy atom. The summed E-state index contributed by atoms with van der Waals surface area (Å²) in [6.07, 6.45) is 1.96. The second kappa shape index (κ2) is 9.73. The number of fused-ring (bicyclic) bond motifs is 1. The fourth-order valence-electron chi connectivity index (χ4n) is 5.01. The van der Waals surface area contributed by atoms with Crippen molar-refractivity contribution < 1.29 is 27.8 Å². The molecule has 0 atom stereocenters. The summed E-state index contributed by atoms with van der Waals surface area (Å²) in [5.74, 6) is -3.29. The Morgan fingerprint density at radius 3 is 2.27 bits per heavy atom. The molecule has 1 saturated carbocycles. The molecular weight excluding hydrogens is 553 g/mol. The molecule has 0 saturated heterocycles. The number of thiophene rings is 1. The molecule has 1 fully saturated rings. The van der Waals surface area contributed by atoms with Gasteiger partial charge in [-0.2, -0.15) is 0 Å². The minimum Gasteiger partial charge on any atom is -0.456 e. The van der Waals surface area contributed by atoms with Gasteiger partial charge in [-0.15, -0.1) is 11.3 Å². The monoisotopic (exact) mass is 584 g/mol. The van der Waals surface area contributed by atoms with Crippen LogP contribution in [0.15, 0.2) is 47.4 Å². The number of pyridine rings is 1. The zero-order valence-electron chi connectivity index (χ0n) is 23.6. The van der Waals surface area contributed by atoms with E-state index < -0.39 is 23.0 Å². The van der Waals surface area contributed by atoms with Crippen LogP contribution in [0.3, 0.4) is 0 Å². The molecule has 0 aliphatic heterocycles. The predicted octanol–water partition coefficient (Wildman–Crippen LogP) is 6.96. The van der Waals surface area contributed by atoms with Crippen molar-refractivity contribution in [2.45, 2.75) is 64.5 Å². The molecule has 41 heavy (non-hydrogen) atoms. The van der Waals surface area contributed by atoms with E-state index in [0.29, 0.717) is 44.0 Å². The number of rotatable bonds is 7. The van der Waals surface area contributed by atoms with Gasteiger partial charge in [0, 0.05) is 31.3 Å². The van der Waals surface area contributed by atoms with Crippen molar-refractivity contribution in [3.63, 3.8) is 0 Å². The van der Waals surface area contributed by atoms with Crippen LogP contribution in [0.1, 0.15) is 60.0 Å². The maximum absolute atomic E-state index is 14.2. The van der Waals surface area contributed by atoms with Crippen molar-refractivity contribution in [2.24, 2.45) is 7.05 Å². The topological polar surface area (TPSA) is 80.6 Å². The van der Waals surface area contributed by atoms with Crippen LogP contribution in [-0.2, 0) is 12.6 Å². The summed E-state index contributed by atoms with van der Waals surface area (Å²) in [6, 6.07) is 9.34. The zero-order chi connectivity index (χ0) is 30.1. The van der Waals surface area contributed by atoms with E-state index >= 15 is 0 Å². The third-order valence-corrected chi connectivity index (χ3v) is 8.80. The molecule has 2 aromatic heterocycles. The Bertz CT molecular complexity index is 1740. The van der Waals surface area contributed by atoms with Crippen LogP contribution >= 0.6 is 11.3 Å². The number of aliphatic hydroxyl groups is 1. The van der Waals surface area contributed by atoms with Crippen molar-refractivity contribution in [2.75, 3.05) is 0 Å². The van der Waals surface area contributed by atoms with Crippen LogP contribution < -0.4 is 15.6 Å². The quantitative estimate of drug-likeness (QED) is 0.246. The molecule has 216 valence electrons. The predicted molar refractivity (Wildman–Crippen MR) is 154 cm³/mol. The highest BCUT2D eigenvalue weighted by atomic mass is 32.1. The molecule has 10 heteroatoms. The number of nitrogens with one attached hydrogen (secondary N) is 1. The average molecular weight is 585 g/mol. The molecule has 0 bridgehead atoms. The smallest absolute Gasteiger partial charge is 0.267 e. The summed E-state index contributed by atoms with van der Waals surface area (Å²) in [4.78, 5) is 26.4. The van der Waals surface area contributed by atoms with E-state index in [-0.39, 0.29) is 34.5 Å². The minimum absolute atomic E-state index is 0.131. The van der Waals surface area contributed by atoms with Crippen LogP contribution in [0.5, 0.6) is 11.5 Å². The maximum Gasteiger partial charge on any atom is 0.267 e. The number of alkyl halides is 2. The van der Waals surface area contributed by atoms with Crippen molar-refractivity contribution >= 4 is 27.3 Å². The minimum atomic E-state index is -3.08. The van der Waals surface area contributed by atoms with Gasteiger partial charge in [-0.25, -0.2) is 13.2 Å². The molecule has 2 heterocycles. The van der Waals surface area contributed by atoms with E-state index in [2.05, 4.69) is 5.32 Å². The van der Waals surface area contributed by atoms with Gasteiger partial charge in [-0.3, -0.25) is 9.59 Å². The van der Waals surface area contributed by atoms with Crippen LogP contribution in [0.2, 0.25) is 0 Å². The number of benzene rings is 2. The van der Waals surface area contributed by atoms with E-state index in [1.807, 2.05) is 0 Å². The van der Waals surface area contributed by atoms with Gasteiger partial charge in [-0.1, -0.05) is 6.07 Å². The first-order chi connectivity index (χ1) is 19.0. The standard InChI is InChI=1S/C31H31F3N2O4S/c1-16-11-19(32)12-17(2)25(16)40-23-8-7-18(29(3,4)39)13-20(23)22-15-36(6)28(38)21-14-24(41-26(21)22)27(37)35-31(9-10-31)30(5,33)34/h7-8,11-15,39H,9-10H2,1-6H3,(H,35,37). The van der Waals surface area contributed by atoms with Crippen molar-refractivity contribution in [1.82, 2.24) is 9.88 Å². The Labute approximate surface area is 239 Å². The number of hydrogen-bond acceptors (Lipinski definition) is 5. The summed E-state index contributed by atoms with van der Waals surface area (Å²) < 4.78 is 50.5. The van der Waals surface area contributed by atoms with Gasteiger partial charge in [0.25, 0.3) is 17.4 Å². The largest absolute Gasteiger partial charge is 0.456 e. The fraction of sp³-hybridized carbons (Fsp3) is 0.355. The third kappa shape index (κ3) is 5.26. The van der Waals surface area contributed by atoms with Crippen molar-refractivity contribution in [3.05, 3.63) is 80.3 Å². The number of carbonyl (C=O) groups excluding carboxylic acids is 1. The van der Waals surface area contributed by atoms with Crippen LogP contribution in [0.25, 0.3) is 21.2 Å². The molecule has 0 radical (unpaired) electrons. The first kappa shape index (κ1) is 28.9. The number of ether oxygens (including phenoxy) is 1. The lowest BCUT2D eigenvalue weighted by molar-refractivity contribution is -0.0280. The molecule has 1 amide bonds. The molecule has 0 unspecified atom stereocenters. The molecule has 6 nitrogen and oxygen atoms in total. The van der Waals surface area contributed by atoms with Crippen molar-refractivity contribution in [3.8, 4) is 22.6 Å². The normalized spacial score (nSPS) is 14.8. The van der Waals surface area contributed by atoms with E-state index in [1.165, 1.54) is 22.8 Å². The number of nitrogens with zero attached hydrogens (tertiary/aromatic N) is 1. The second-order valence-electron chi connectivity index (χ2n) is 11.5. The van der Waals surface area contributed by atoms with E-state index in [1.54, 1.807) is 59.1 Å². The second-order valence-corrected chi connectivity index (χ2v) is 12.5. The van der Waals surface area contributed by atoms with Gasteiger partial charge in [0.05, 0.1) is 20.6 Å². The Balaban J connectivity index is 1.68. The van der Waals surface area contributed by atoms with Gasteiger partial charge >= 0.3 is 0 Å². The average Bonchev–Trinajstić information content (AvgIpc) is 3.52. The van der Waals surface area contributed by atoms with Crippen LogP contribution in [-0.4, -0.2) is 27.0 Å². The highest BCUT2D eigenvalue weighted by Gasteiger charge is 2.60. The SMILES string of the molecule is Cc1cc(F)cc(C)c1Oc1ccc(C(C)(C)O)cc1-c1cn(C)c(=O)c2cc(C(=O)NC3(C(C)(F)F)CC3)sc12. The number of aryl methyl sites for hydroxylation is 3. The lowest BCUT2D eigenvalue weighted by atomic mass is 9.93. The zero-order valence-corrected chi connectivity index (χ0v) is 24.4. The maximum atomic E-state index is 14.2. The molecule has 5 rings (SSSR count). The van der Waals surface area contributed by atoms with Gasteiger partial charge in [0.2, 0.25) is 0 Å². The van der Waals surface area contributed by atoms with Crippen molar-refractivity contribution in [1.29, 1.82) is 0 Å². The summed E-state index contributed by atoms with van der Waals surface area (Å²) in [7, 11) is 1.58. The fourth-order valence-corrected chi connectivity index (χ4v) is 6.08. The summed E-state index contributed by atoms with van der Waals surface area (Å²) >= 11 is 1.03. The number of aromatic nitrogens is 1. The highest BCUT2D eigenvalue weighted by molar-refractivity contribution is 7.21. The molecule has 4 aromatic rings. The summed E-state index contributed by atoms with van der Waals surface area (Å²) in [6.45, 7) is 7.54. The molecule has 2 aromatic carbocycles. The van der Waals surface area contributed by atoms with Gasteiger partial charge < -0.3 is 19.7 Å². The lowest BCUT2D eigenvalue weighted by Gasteiger charge is -2.23. The van der Waals surface area contributed by atoms with Gasteiger partial charge in [-0.05, 0) is 87.6 Å². The summed E-state index contributed by atoms with van der Waals surface area (Å²) in [5, 5.41) is 13.5. The Kier molecular flexibility index (Phi) is 6.86. The van der Waals surface area contributed by atoms with Crippen LogP contribution in [0, 0.1) is 19.7 Å². The molecule has 0 spiro atoms. The number of halogens is 3. The Hall–Kier alpha value is -3.63. The first-order valence-corrected chi connectivity index (χ1v) is 14.0. The highest BCUT2D eigenvalue weighted by Crippen LogP contribution is 2.48. The van der Waals surface area contributed by atoms with Crippen LogP contribution in [0.4, 0.5) is 13.2 Å². The number of hydrogen-bond donors (Lipinski definition) is 2. The molecular formula is C31H31F3N2O4S. The van der Waals surface area contributed by atoms with E-state index in [9.17, 15) is 27.9 Å². The number of amides is 1. The molecule has 1 aliphatic rings. The summed E-state index contributed by atoms with van der Waals surface area (Å²) in [5.41, 5.74) is -0.324. The van der Waals surface area contributed by atoms with Gasteiger partial charge in [0.15, 0.2) is 0 Å². The van der Waals surface area contributed by atoms with Gasteiger partial charge in [0.1, 0.15) is 22.9 Å².